The number of methoxy groups -OCH3 is 1. The van der Waals surface area contributed by atoms with Crippen molar-refractivity contribution in [3.05, 3.63) is 48.2 Å². The Bertz CT molecular complexity index is 659. The summed E-state index contributed by atoms with van der Waals surface area (Å²) in [6, 6.07) is 9.33. The molecule has 1 amide bonds. The minimum absolute atomic E-state index is 0.198. The average Bonchev–Trinajstić information content (AvgIpc) is 2.91. The molecule has 116 valence electrons. The van der Waals surface area contributed by atoms with Crippen LogP contribution in [0.3, 0.4) is 0 Å². The summed E-state index contributed by atoms with van der Waals surface area (Å²) in [5.74, 6) is 1.69. The molecule has 0 fully saturated rings. The smallest absolute Gasteiger partial charge is 0.249 e. The van der Waals surface area contributed by atoms with Crippen LogP contribution < -0.4 is 10.1 Å². The number of nitrogens with zero attached hydrogens (tertiary/aromatic N) is 2. The van der Waals surface area contributed by atoms with E-state index in [0.29, 0.717) is 11.7 Å². The number of hydrogen-bond acceptors (Lipinski definition) is 3. The van der Waals surface area contributed by atoms with Crippen molar-refractivity contribution in [2.45, 2.75) is 20.4 Å². The van der Waals surface area contributed by atoms with Gasteiger partial charge in [0.1, 0.15) is 11.6 Å². The highest BCUT2D eigenvalue weighted by Crippen LogP contribution is 2.18. The van der Waals surface area contributed by atoms with Crippen molar-refractivity contribution in [2.24, 2.45) is 5.92 Å². The molecule has 1 aromatic carbocycles. The van der Waals surface area contributed by atoms with E-state index in [0.717, 1.165) is 17.9 Å². The Morgan fingerprint density at radius 1 is 1.36 bits per heavy atom. The molecule has 0 saturated carbocycles. The Labute approximate surface area is 130 Å². The van der Waals surface area contributed by atoms with Crippen LogP contribution in [-0.2, 0) is 11.3 Å². The van der Waals surface area contributed by atoms with Crippen molar-refractivity contribution in [3.8, 4) is 5.75 Å². The fourth-order valence-electron chi connectivity index (χ4n) is 2.07. The van der Waals surface area contributed by atoms with Gasteiger partial charge in [-0.15, -0.1) is 0 Å². The second kappa shape index (κ2) is 7.45. The molecule has 0 aliphatic heterocycles. The molecule has 1 aromatic heterocycles. The predicted molar refractivity (Wildman–Crippen MR) is 87.7 cm³/mol. The number of carbonyl (C=O) groups excluding carboxylic acids is 1. The topological polar surface area (TPSA) is 56.1 Å². The lowest BCUT2D eigenvalue weighted by Crippen LogP contribution is -2.15. The van der Waals surface area contributed by atoms with E-state index in [4.69, 9.17) is 4.74 Å². The number of aromatic nitrogens is 2. The van der Waals surface area contributed by atoms with Crippen LogP contribution in [0.25, 0.3) is 6.08 Å². The van der Waals surface area contributed by atoms with Crippen molar-refractivity contribution in [1.82, 2.24) is 9.78 Å². The van der Waals surface area contributed by atoms with Crippen molar-refractivity contribution < 1.29 is 9.53 Å². The lowest BCUT2D eigenvalue weighted by molar-refractivity contribution is -0.111. The molecule has 0 spiro atoms. The minimum atomic E-state index is -0.198. The first kappa shape index (κ1) is 15.8. The van der Waals surface area contributed by atoms with Gasteiger partial charge in [0, 0.05) is 24.3 Å². The highest BCUT2D eigenvalue weighted by atomic mass is 16.5. The molecule has 0 saturated heterocycles. The minimum Gasteiger partial charge on any atom is -0.496 e. The summed E-state index contributed by atoms with van der Waals surface area (Å²) in [6.07, 6.45) is 4.91. The van der Waals surface area contributed by atoms with Crippen molar-refractivity contribution >= 4 is 17.8 Å². The van der Waals surface area contributed by atoms with Gasteiger partial charge in [-0.25, -0.2) is 4.68 Å². The first-order chi connectivity index (χ1) is 10.6. The zero-order valence-corrected chi connectivity index (χ0v) is 13.1. The van der Waals surface area contributed by atoms with Crippen LogP contribution in [0.4, 0.5) is 5.82 Å². The Hall–Kier alpha value is -2.56. The number of ether oxygens (including phenoxy) is 1. The molecule has 2 aromatic rings. The Morgan fingerprint density at radius 3 is 2.86 bits per heavy atom. The van der Waals surface area contributed by atoms with E-state index in [9.17, 15) is 4.79 Å². The molecule has 0 unspecified atom stereocenters. The first-order valence-electron chi connectivity index (χ1n) is 7.24. The molecule has 0 radical (unpaired) electrons. The van der Waals surface area contributed by atoms with Crippen LogP contribution in [0.2, 0.25) is 0 Å². The Kier molecular flexibility index (Phi) is 5.36. The summed E-state index contributed by atoms with van der Waals surface area (Å²) in [4.78, 5) is 12.0. The molecule has 5 nitrogen and oxygen atoms in total. The highest BCUT2D eigenvalue weighted by molar-refractivity contribution is 6.01. The van der Waals surface area contributed by atoms with Gasteiger partial charge in [0.15, 0.2) is 0 Å². The monoisotopic (exact) mass is 299 g/mol. The summed E-state index contributed by atoms with van der Waals surface area (Å²) in [6.45, 7) is 4.97. The number of hydrogen-bond donors (Lipinski definition) is 1. The molecule has 0 aliphatic carbocycles. The van der Waals surface area contributed by atoms with E-state index >= 15 is 0 Å². The summed E-state index contributed by atoms with van der Waals surface area (Å²) in [7, 11) is 1.61. The summed E-state index contributed by atoms with van der Waals surface area (Å²) in [5, 5.41) is 7.05. The molecular formula is C17H21N3O2. The van der Waals surface area contributed by atoms with Gasteiger partial charge in [-0.1, -0.05) is 32.0 Å². The van der Waals surface area contributed by atoms with Gasteiger partial charge in [0.05, 0.1) is 13.3 Å². The van der Waals surface area contributed by atoms with E-state index in [1.54, 1.807) is 30.1 Å². The zero-order valence-electron chi connectivity index (χ0n) is 13.1. The van der Waals surface area contributed by atoms with Gasteiger partial charge >= 0.3 is 0 Å². The van der Waals surface area contributed by atoms with Crippen molar-refractivity contribution in [1.29, 1.82) is 0 Å². The second-order valence-electron chi connectivity index (χ2n) is 5.36. The van der Waals surface area contributed by atoms with Crippen LogP contribution in [-0.4, -0.2) is 22.8 Å². The molecule has 1 heterocycles. The largest absolute Gasteiger partial charge is 0.496 e. The maximum absolute atomic E-state index is 12.0. The van der Waals surface area contributed by atoms with Crippen LogP contribution in [0.1, 0.15) is 19.4 Å². The Morgan fingerprint density at radius 2 is 2.14 bits per heavy atom. The zero-order chi connectivity index (χ0) is 15.9. The Balaban J connectivity index is 2.04. The van der Waals surface area contributed by atoms with E-state index < -0.39 is 0 Å². The van der Waals surface area contributed by atoms with Gasteiger partial charge in [-0.2, -0.15) is 5.10 Å². The average molecular weight is 299 g/mol. The number of carbonyl (C=O) groups is 1. The highest BCUT2D eigenvalue weighted by Gasteiger charge is 2.06. The molecular weight excluding hydrogens is 278 g/mol. The van der Waals surface area contributed by atoms with Gasteiger partial charge in [-0.3, -0.25) is 4.79 Å². The van der Waals surface area contributed by atoms with Crippen molar-refractivity contribution in [3.63, 3.8) is 0 Å². The number of rotatable bonds is 6. The third kappa shape index (κ3) is 4.22. The quantitative estimate of drug-likeness (QED) is 0.833. The summed E-state index contributed by atoms with van der Waals surface area (Å²) < 4.78 is 7.04. The fourth-order valence-corrected chi connectivity index (χ4v) is 2.07. The van der Waals surface area contributed by atoms with Gasteiger partial charge in [-0.05, 0) is 18.1 Å². The van der Waals surface area contributed by atoms with Gasteiger partial charge in [0.25, 0.3) is 0 Å². The summed E-state index contributed by atoms with van der Waals surface area (Å²) >= 11 is 0. The van der Waals surface area contributed by atoms with Crippen LogP contribution in [0.15, 0.2) is 42.6 Å². The lowest BCUT2D eigenvalue weighted by atomic mass is 10.2. The molecule has 2 rings (SSSR count). The standard InChI is InChI=1S/C17H21N3O2/c1-13(2)12-20-16(10-11-18-20)19-17(21)9-8-14-6-4-5-7-15(14)22-3/h4-11,13H,12H2,1-3H3,(H,19,21)/b9-8+. The van der Waals surface area contributed by atoms with E-state index in [2.05, 4.69) is 24.3 Å². The molecule has 0 aliphatic rings. The number of amides is 1. The maximum atomic E-state index is 12.0. The summed E-state index contributed by atoms with van der Waals surface area (Å²) in [5.41, 5.74) is 0.857. The molecule has 5 heteroatoms. The van der Waals surface area contributed by atoms with Gasteiger partial charge in [0.2, 0.25) is 5.91 Å². The fraction of sp³-hybridized carbons (Fsp3) is 0.294. The number of para-hydroxylation sites is 1. The first-order valence-corrected chi connectivity index (χ1v) is 7.24. The van der Waals surface area contributed by atoms with E-state index in [1.807, 2.05) is 24.3 Å². The second-order valence-corrected chi connectivity index (χ2v) is 5.36. The van der Waals surface area contributed by atoms with Crippen LogP contribution in [0, 0.1) is 5.92 Å². The van der Waals surface area contributed by atoms with Gasteiger partial charge < -0.3 is 10.1 Å². The number of nitrogens with one attached hydrogen (secondary N) is 1. The molecule has 0 bridgehead atoms. The molecule has 1 N–H and O–H groups in total. The molecule has 0 atom stereocenters. The van der Waals surface area contributed by atoms with Crippen LogP contribution >= 0.6 is 0 Å². The van der Waals surface area contributed by atoms with E-state index in [1.165, 1.54) is 6.08 Å². The number of anilines is 1. The lowest BCUT2D eigenvalue weighted by Gasteiger charge is -2.09. The van der Waals surface area contributed by atoms with Crippen LogP contribution in [0.5, 0.6) is 5.75 Å². The third-order valence-electron chi connectivity index (χ3n) is 3.06. The number of benzene rings is 1. The maximum Gasteiger partial charge on any atom is 0.249 e. The molecule has 22 heavy (non-hydrogen) atoms. The normalized spacial score (nSPS) is 11.1. The third-order valence-corrected chi connectivity index (χ3v) is 3.06. The SMILES string of the molecule is COc1ccccc1/C=C/C(=O)Nc1ccnn1CC(C)C. The predicted octanol–water partition coefficient (Wildman–Crippen LogP) is 3.20. The van der Waals surface area contributed by atoms with Crippen molar-refractivity contribution in [2.75, 3.05) is 12.4 Å². The van der Waals surface area contributed by atoms with E-state index in [-0.39, 0.29) is 5.91 Å².